The fourth-order valence-electron chi connectivity index (χ4n) is 9.13. The number of piperidine rings is 2. The van der Waals surface area contributed by atoms with Gasteiger partial charge in [0.1, 0.15) is 40.3 Å². The first-order valence-corrected chi connectivity index (χ1v) is 24.6. The smallest absolute Gasteiger partial charge is 0.191 e. The molecule has 0 bridgehead atoms. The van der Waals surface area contributed by atoms with E-state index in [-0.39, 0.29) is 17.4 Å². The minimum atomic E-state index is -0.385. The van der Waals surface area contributed by atoms with Crippen molar-refractivity contribution in [3.63, 3.8) is 0 Å². The number of benzene rings is 2. The van der Waals surface area contributed by atoms with E-state index in [1.165, 1.54) is 24.3 Å². The van der Waals surface area contributed by atoms with E-state index in [1.807, 2.05) is 30.9 Å². The number of anilines is 6. The van der Waals surface area contributed by atoms with Gasteiger partial charge in [-0.2, -0.15) is 0 Å². The average Bonchev–Trinajstić information content (AvgIpc) is 4.22. The number of imidazole rings is 2. The zero-order chi connectivity index (χ0) is 46.2. The van der Waals surface area contributed by atoms with Gasteiger partial charge in [-0.05, 0) is 85.6 Å². The monoisotopic (exact) mass is 942 g/mol. The zero-order valence-corrected chi connectivity index (χ0v) is 39.6. The molecule has 3 saturated heterocycles. The molecule has 6 aromatic heterocycles. The van der Waals surface area contributed by atoms with E-state index in [2.05, 4.69) is 72.8 Å². The molecule has 3 fully saturated rings. The molecule has 0 aliphatic carbocycles. The van der Waals surface area contributed by atoms with Crippen molar-refractivity contribution in [2.24, 2.45) is 0 Å². The van der Waals surface area contributed by atoms with Gasteiger partial charge in [0.15, 0.2) is 16.1 Å². The topological polar surface area (TPSA) is 109 Å². The van der Waals surface area contributed by atoms with Gasteiger partial charge in [0.25, 0.3) is 0 Å². The Balaban J connectivity index is 0.000000157. The highest BCUT2D eigenvalue weighted by Gasteiger charge is 2.40. The van der Waals surface area contributed by atoms with Gasteiger partial charge in [0.2, 0.25) is 0 Å². The SMILES string of the molecule is CCc1nc2ccc(N3CCC(=O)CC3)cn2c1N(C)c1nc(-c2ccc(F)cc2)cs1.CCc1nc2ccc(N3CCC4(CC3)OCCO4)cn2c1N(C)c1nc(-c2ccc(F)cc2)cs1. The Morgan fingerprint density at radius 1 is 0.612 bits per heavy atom. The Morgan fingerprint density at radius 2 is 1.04 bits per heavy atom. The van der Waals surface area contributed by atoms with Crippen LogP contribution in [-0.2, 0) is 27.1 Å². The second kappa shape index (κ2) is 18.8. The van der Waals surface area contributed by atoms with Crippen molar-refractivity contribution in [3.8, 4) is 22.5 Å². The molecular weight excluding hydrogens is 891 g/mol. The number of Topliss-reactive ketones (excluding diaryl/α,β-unsaturated/α-hetero) is 1. The highest BCUT2D eigenvalue weighted by molar-refractivity contribution is 7.14. The summed E-state index contributed by atoms with van der Waals surface area (Å²) in [7, 11) is 4.03. The summed E-state index contributed by atoms with van der Waals surface area (Å²) in [6, 6.07) is 21.2. The van der Waals surface area contributed by atoms with Crippen LogP contribution in [0.2, 0.25) is 0 Å². The molecule has 0 N–H and O–H groups in total. The van der Waals surface area contributed by atoms with E-state index in [4.69, 9.17) is 29.4 Å². The lowest BCUT2D eigenvalue weighted by atomic mass is 10.0. The molecule has 9 heterocycles. The number of hydrogen-bond donors (Lipinski definition) is 0. The van der Waals surface area contributed by atoms with Crippen molar-refractivity contribution in [2.75, 3.05) is 73.1 Å². The van der Waals surface area contributed by atoms with Crippen LogP contribution >= 0.6 is 22.7 Å². The molecule has 0 amide bonds. The number of ketones is 1. The molecule has 17 heteroatoms. The van der Waals surface area contributed by atoms with Gasteiger partial charge in [0, 0.05) is 100 Å². The van der Waals surface area contributed by atoms with Gasteiger partial charge in [-0.15, -0.1) is 22.7 Å². The third kappa shape index (κ3) is 9.00. The number of fused-ring (bicyclic) bond motifs is 2. The largest absolute Gasteiger partial charge is 0.370 e. The molecule has 8 aromatic rings. The molecule has 13 nitrogen and oxygen atoms in total. The maximum absolute atomic E-state index is 13.3. The van der Waals surface area contributed by atoms with Crippen molar-refractivity contribution in [1.82, 2.24) is 28.7 Å². The number of carbonyl (C=O) groups excluding carboxylic acids is 1. The molecule has 2 aromatic carbocycles. The first-order valence-electron chi connectivity index (χ1n) is 22.8. The third-order valence-electron chi connectivity index (χ3n) is 12.8. The Hall–Kier alpha value is -6.27. The molecule has 11 rings (SSSR count). The Kier molecular flexibility index (Phi) is 12.5. The summed E-state index contributed by atoms with van der Waals surface area (Å²) in [6.45, 7) is 8.88. The number of pyridine rings is 2. The molecule has 0 saturated carbocycles. The number of carbonyl (C=O) groups is 1. The second-order valence-electron chi connectivity index (χ2n) is 17.0. The average molecular weight is 943 g/mol. The predicted octanol–water partition coefficient (Wildman–Crippen LogP) is 10.4. The molecule has 1 spiro atoms. The predicted molar refractivity (Wildman–Crippen MR) is 263 cm³/mol. The van der Waals surface area contributed by atoms with Gasteiger partial charge in [0.05, 0.1) is 47.4 Å². The summed E-state index contributed by atoms with van der Waals surface area (Å²) in [5.74, 6) is 1.44. The van der Waals surface area contributed by atoms with Gasteiger partial charge < -0.3 is 29.1 Å². The summed E-state index contributed by atoms with van der Waals surface area (Å²) in [6.07, 6.45) is 8.83. The van der Waals surface area contributed by atoms with Crippen molar-refractivity contribution >= 4 is 73.0 Å². The summed E-state index contributed by atoms with van der Waals surface area (Å²) >= 11 is 3.11. The van der Waals surface area contributed by atoms with Crippen LogP contribution in [0.1, 0.15) is 50.9 Å². The number of nitrogens with zero attached hydrogens (tertiary/aromatic N) is 10. The standard InChI is InChI=1S/C26H28FN5O2S.C24H24FN5OS/c1-3-21-24(30(2)25-29-22(17-35-25)18-4-6-19(27)7-5-18)32-16-20(8-9-23(32)28-21)31-12-10-26(11-13-31)33-14-15-34-26;1-3-20-23(28(2)24-27-21(15-32-24)16-4-6-17(25)7-5-16)30-14-18(8-9-22(30)26-20)29-12-10-19(31)11-13-29/h4-9,16-17H,3,10-15H2,1-2H3;4-9,14-15H,3,10-13H2,1-2H3. The maximum Gasteiger partial charge on any atom is 0.191 e. The highest BCUT2D eigenvalue weighted by atomic mass is 32.1. The number of aromatic nitrogens is 6. The van der Waals surface area contributed by atoms with Gasteiger partial charge in [-0.25, -0.2) is 28.7 Å². The summed E-state index contributed by atoms with van der Waals surface area (Å²) < 4.78 is 42.7. The minimum absolute atomic E-state index is 0.248. The molecule has 0 atom stereocenters. The number of rotatable bonds is 10. The molecule has 67 heavy (non-hydrogen) atoms. The van der Waals surface area contributed by atoms with Crippen molar-refractivity contribution in [2.45, 2.75) is 58.2 Å². The fourth-order valence-corrected chi connectivity index (χ4v) is 10.7. The Morgan fingerprint density at radius 3 is 1.48 bits per heavy atom. The Bertz CT molecular complexity index is 3010. The Labute approximate surface area is 395 Å². The molecule has 3 aliphatic heterocycles. The number of hydrogen-bond acceptors (Lipinski definition) is 13. The molecular formula is C50H52F2N10O3S2. The zero-order valence-electron chi connectivity index (χ0n) is 38.0. The van der Waals surface area contributed by atoms with E-state index in [1.54, 1.807) is 46.9 Å². The van der Waals surface area contributed by atoms with Crippen LogP contribution in [0.4, 0.5) is 42.1 Å². The molecule has 3 aliphatic rings. The van der Waals surface area contributed by atoms with Gasteiger partial charge >= 0.3 is 0 Å². The molecule has 346 valence electrons. The van der Waals surface area contributed by atoms with Crippen molar-refractivity contribution < 1.29 is 23.0 Å². The lowest BCUT2D eigenvalue weighted by molar-refractivity contribution is -0.169. The lowest BCUT2D eigenvalue weighted by Crippen LogP contribution is -2.45. The van der Waals surface area contributed by atoms with Crippen LogP contribution in [0, 0.1) is 11.6 Å². The normalized spacial score (nSPS) is 16.0. The van der Waals surface area contributed by atoms with Crippen molar-refractivity contribution in [3.05, 3.63) is 119 Å². The third-order valence-corrected chi connectivity index (χ3v) is 14.7. The van der Waals surface area contributed by atoms with E-state index in [9.17, 15) is 13.6 Å². The van der Waals surface area contributed by atoms with E-state index >= 15 is 0 Å². The summed E-state index contributed by atoms with van der Waals surface area (Å²) in [4.78, 5) is 39.8. The number of ether oxygens (including phenoxy) is 2. The highest BCUT2D eigenvalue weighted by Crippen LogP contribution is 2.38. The van der Waals surface area contributed by atoms with Crippen molar-refractivity contribution in [1.29, 1.82) is 0 Å². The lowest BCUT2D eigenvalue weighted by Gasteiger charge is -2.38. The van der Waals surface area contributed by atoms with Gasteiger partial charge in [-0.3, -0.25) is 13.6 Å². The quantitative estimate of drug-likeness (QED) is 0.131. The number of halogens is 2. The minimum Gasteiger partial charge on any atom is -0.370 e. The summed E-state index contributed by atoms with van der Waals surface area (Å²) in [5, 5.41) is 5.71. The van der Waals surface area contributed by atoms with E-state index in [0.717, 1.165) is 130 Å². The maximum atomic E-state index is 13.3. The van der Waals surface area contributed by atoms with Crippen LogP contribution in [0.5, 0.6) is 0 Å². The number of thiazole rings is 2. The van der Waals surface area contributed by atoms with E-state index in [0.29, 0.717) is 31.8 Å². The van der Waals surface area contributed by atoms with Crippen LogP contribution in [0.15, 0.2) is 96.0 Å². The van der Waals surface area contributed by atoms with Crippen LogP contribution in [-0.4, -0.2) is 93.8 Å². The second-order valence-corrected chi connectivity index (χ2v) is 18.7. The molecule has 0 unspecified atom stereocenters. The van der Waals surface area contributed by atoms with Crippen LogP contribution in [0.3, 0.4) is 0 Å². The van der Waals surface area contributed by atoms with Gasteiger partial charge in [-0.1, -0.05) is 13.8 Å². The van der Waals surface area contributed by atoms with Crippen LogP contribution < -0.4 is 19.6 Å². The first-order chi connectivity index (χ1) is 32.6. The fraction of sp³-hybridized carbons (Fsp3) is 0.340. The first kappa shape index (κ1) is 44.6. The summed E-state index contributed by atoms with van der Waals surface area (Å²) in [5.41, 5.74) is 9.51. The van der Waals surface area contributed by atoms with Crippen LogP contribution in [0.25, 0.3) is 33.8 Å². The number of aryl methyl sites for hydroxylation is 2. The van der Waals surface area contributed by atoms with E-state index < -0.39 is 0 Å². The molecule has 0 radical (unpaired) electrons.